The molecule has 1 aromatic carbocycles. The van der Waals surface area contributed by atoms with Gasteiger partial charge in [-0.2, -0.15) is 5.10 Å². The van der Waals surface area contributed by atoms with Gasteiger partial charge in [-0.05, 0) is 36.8 Å². The smallest absolute Gasteiger partial charge is 0.238 e. The van der Waals surface area contributed by atoms with E-state index in [0.717, 1.165) is 17.7 Å². The Kier molecular flexibility index (Phi) is 4.10. The number of rotatable bonds is 5. The molecular formula is C13H17N3O3S. The Hall–Kier alpha value is -1.86. The third-order valence-corrected chi connectivity index (χ3v) is 3.92. The fourth-order valence-corrected chi connectivity index (χ4v) is 2.47. The van der Waals surface area contributed by atoms with E-state index in [1.807, 2.05) is 13.1 Å². The molecule has 0 spiro atoms. The lowest BCUT2D eigenvalue weighted by Crippen LogP contribution is -2.12. The minimum atomic E-state index is -3.67. The molecule has 0 aliphatic carbocycles. The molecule has 6 nitrogen and oxygen atoms in total. The number of sulfonamides is 1. The zero-order chi connectivity index (χ0) is 14.8. The first-order valence-corrected chi connectivity index (χ1v) is 7.65. The molecule has 20 heavy (non-hydrogen) atoms. The highest BCUT2D eigenvalue weighted by Gasteiger charge is 2.10. The summed E-state index contributed by atoms with van der Waals surface area (Å²) in [5, 5.41) is 9.16. The molecule has 0 fully saturated rings. The monoisotopic (exact) mass is 295 g/mol. The molecule has 0 saturated heterocycles. The van der Waals surface area contributed by atoms with Gasteiger partial charge in [0, 0.05) is 25.4 Å². The molecule has 2 rings (SSSR count). The molecule has 0 aliphatic rings. The van der Waals surface area contributed by atoms with Gasteiger partial charge in [0.1, 0.15) is 5.75 Å². The summed E-state index contributed by atoms with van der Waals surface area (Å²) < 4.78 is 29.9. The van der Waals surface area contributed by atoms with E-state index in [0.29, 0.717) is 12.4 Å². The molecular weight excluding hydrogens is 278 g/mol. The van der Waals surface area contributed by atoms with Crippen molar-refractivity contribution < 1.29 is 13.2 Å². The van der Waals surface area contributed by atoms with Crippen LogP contribution in [0.25, 0.3) is 0 Å². The second-order valence-corrected chi connectivity index (χ2v) is 6.08. The minimum Gasteiger partial charge on any atom is -0.493 e. The summed E-state index contributed by atoms with van der Waals surface area (Å²) in [6.07, 6.45) is 2.47. The van der Waals surface area contributed by atoms with Crippen LogP contribution in [0.4, 0.5) is 0 Å². The molecule has 7 heteroatoms. The van der Waals surface area contributed by atoms with E-state index in [1.165, 1.54) is 12.1 Å². The van der Waals surface area contributed by atoms with Crippen LogP contribution in [-0.4, -0.2) is 24.8 Å². The molecule has 0 aliphatic heterocycles. The van der Waals surface area contributed by atoms with Crippen molar-refractivity contribution >= 4 is 10.0 Å². The van der Waals surface area contributed by atoms with Gasteiger partial charge in [0.2, 0.25) is 10.0 Å². The van der Waals surface area contributed by atoms with Gasteiger partial charge in [-0.3, -0.25) is 4.68 Å². The number of primary sulfonamides is 1. The number of nitrogens with two attached hydrogens (primary N) is 1. The zero-order valence-electron chi connectivity index (χ0n) is 11.4. The molecule has 2 aromatic rings. The van der Waals surface area contributed by atoms with Crippen molar-refractivity contribution in [3.8, 4) is 5.75 Å². The molecule has 0 bridgehead atoms. The lowest BCUT2D eigenvalue weighted by Gasteiger charge is -2.10. The summed E-state index contributed by atoms with van der Waals surface area (Å²) in [6.45, 7) is 2.28. The van der Waals surface area contributed by atoms with Crippen LogP contribution in [0.15, 0.2) is 35.4 Å². The zero-order valence-corrected chi connectivity index (χ0v) is 12.2. The molecule has 0 amide bonds. The molecule has 0 radical (unpaired) electrons. The standard InChI is InChI=1S/C13H17N3O3S/c1-10-9-12(20(14,17)18)3-4-13(10)19-8-6-11-5-7-15-16(11)2/h3-5,7,9H,6,8H2,1-2H3,(H2,14,17,18). The fourth-order valence-electron chi connectivity index (χ4n) is 1.87. The number of aromatic nitrogens is 2. The van der Waals surface area contributed by atoms with Crippen molar-refractivity contribution in [2.45, 2.75) is 18.2 Å². The topological polar surface area (TPSA) is 87.2 Å². The molecule has 1 aromatic heterocycles. The number of nitrogens with zero attached hydrogens (tertiary/aromatic N) is 2. The maximum atomic E-state index is 11.2. The van der Waals surface area contributed by atoms with Crippen LogP contribution in [0, 0.1) is 6.92 Å². The number of ether oxygens (including phenoxy) is 1. The molecule has 0 atom stereocenters. The Morgan fingerprint density at radius 3 is 2.65 bits per heavy atom. The van der Waals surface area contributed by atoms with Crippen LogP contribution in [0.5, 0.6) is 5.75 Å². The van der Waals surface area contributed by atoms with Gasteiger partial charge >= 0.3 is 0 Å². The fraction of sp³-hybridized carbons (Fsp3) is 0.308. The van der Waals surface area contributed by atoms with Crippen molar-refractivity contribution in [2.75, 3.05) is 6.61 Å². The van der Waals surface area contributed by atoms with E-state index in [2.05, 4.69) is 5.10 Å². The predicted octanol–water partition coefficient (Wildman–Crippen LogP) is 0.997. The van der Waals surface area contributed by atoms with Gasteiger partial charge in [-0.15, -0.1) is 0 Å². The van der Waals surface area contributed by atoms with Crippen LogP contribution in [0.2, 0.25) is 0 Å². The quantitative estimate of drug-likeness (QED) is 0.891. The summed E-state index contributed by atoms with van der Waals surface area (Å²) in [6, 6.07) is 6.51. The highest BCUT2D eigenvalue weighted by Crippen LogP contribution is 2.21. The van der Waals surface area contributed by atoms with Crippen LogP contribution >= 0.6 is 0 Å². The van der Waals surface area contributed by atoms with E-state index in [1.54, 1.807) is 23.9 Å². The van der Waals surface area contributed by atoms with Crippen molar-refractivity contribution in [1.82, 2.24) is 9.78 Å². The molecule has 0 saturated carbocycles. The molecule has 2 N–H and O–H groups in total. The third-order valence-electron chi connectivity index (χ3n) is 3.01. The van der Waals surface area contributed by atoms with Crippen LogP contribution in [0.1, 0.15) is 11.3 Å². The van der Waals surface area contributed by atoms with E-state index in [4.69, 9.17) is 9.88 Å². The third kappa shape index (κ3) is 3.37. The Labute approximate surface area is 118 Å². The summed E-state index contributed by atoms with van der Waals surface area (Å²) in [5.41, 5.74) is 1.81. The number of hydrogen-bond acceptors (Lipinski definition) is 4. The highest BCUT2D eigenvalue weighted by molar-refractivity contribution is 7.89. The second kappa shape index (κ2) is 5.64. The SMILES string of the molecule is Cc1cc(S(N)(=O)=O)ccc1OCCc1ccnn1C. The Bertz CT molecular complexity index is 707. The van der Waals surface area contributed by atoms with E-state index >= 15 is 0 Å². The van der Waals surface area contributed by atoms with Gasteiger partial charge in [0.15, 0.2) is 0 Å². The van der Waals surface area contributed by atoms with Gasteiger partial charge in [-0.25, -0.2) is 13.6 Å². The number of hydrogen-bond donors (Lipinski definition) is 1. The van der Waals surface area contributed by atoms with Crippen molar-refractivity contribution in [2.24, 2.45) is 12.2 Å². The largest absolute Gasteiger partial charge is 0.493 e. The number of aryl methyl sites for hydroxylation is 2. The molecule has 1 heterocycles. The lowest BCUT2D eigenvalue weighted by molar-refractivity contribution is 0.316. The Morgan fingerprint density at radius 2 is 2.10 bits per heavy atom. The maximum Gasteiger partial charge on any atom is 0.238 e. The van der Waals surface area contributed by atoms with Crippen LogP contribution in [-0.2, 0) is 23.5 Å². The number of benzene rings is 1. The average molecular weight is 295 g/mol. The average Bonchev–Trinajstić information content (AvgIpc) is 2.76. The van der Waals surface area contributed by atoms with E-state index in [9.17, 15) is 8.42 Å². The van der Waals surface area contributed by atoms with Crippen molar-refractivity contribution in [3.05, 3.63) is 41.7 Å². The summed E-state index contributed by atoms with van der Waals surface area (Å²) in [4.78, 5) is 0.0917. The maximum absolute atomic E-state index is 11.2. The van der Waals surface area contributed by atoms with Gasteiger partial charge < -0.3 is 4.74 Å². The second-order valence-electron chi connectivity index (χ2n) is 4.52. The highest BCUT2D eigenvalue weighted by atomic mass is 32.2. The van der Waals surface area contributed by atoms with E-state index < -0.39 is 10.0 Å². The van der Waals surface area contributed by atoms with Crippen molar-refractivity contribution in [1.29, 1.82) is 0 Å². The lowest BCUT2D eigenvalue weighted by atomic mass is 10.2. The summed E-state index contributed by atoms with van der Waals surface area (Å²) in [7, 11) is -1.79. The normalized spacial score (nSPS) is 11.6. The van der Waals surface area contributed by atoms with Crippen LogP contribution < -0.4 is 9.88 Å². The Morgan fingerprint density at radius 1 is 1.35 bits per heavy atom. The Balaban J connectivity index is 2.02. The van der Waals surface area contributed by atoms with Crippen molar-refractivity contribution in [3.63, 3.8) is 0 Å². The van der Waals surface area contributed by atoms with Gasteiger partial charge in [0.25, 0.3) is 0 Å². The first kappa shape index (κ1) is 14.5. The van der Waals surface area contributed by atoms with Gasteiger partial charge in [0.05, 0.1) is 11.5 Å². The molecule has 0 unspecified atom stereocenters. The summed E-state index contributed by atoms with van der Waals surface area (Å²) >= 11 is 0. The van der Waals surface area contributed by atoms with Gasteiger partial charge in [-0.1, -0.05) is 0 Å². The summed E-state index contributed by atoms with van der Waals surface area (Å²) in [5.74, 6) is 0.652. The molecule has 108 valence electrons. The minimum absolute atomic E-state index is 0.0917. The van der Waals surface area contributed by atoms with E-state index in [-0.39, 0.29) is 4.90 Å². The first-order chi connectivity index (χ1) is 9.38. The first-order valence-electron chi connectivity index (χ1n) is 6.11. The predicted molar refractivity (Wildman–Crippen MR) is 75.0 cm³/mol. The van der Waals surface area contributed by atoms with Crippen LogP contribution in [0.3, 0.4) is 0 Å².